The van der Waals surface area contributed by atoms with Crippen LogP contribution in [0.1, 0.15) is 44.6 Å². The summed E-state index contributed by atoms with van der Waals surface area (Å²) in [4.78, 5) is 42.3. The third-order valence-electron chi connectivity index (χ3n) is 6.48. The van der Waals surface area contributed by atoms with Gasteiger partial charge in [0.15, 0.2) is 0 Å². The van der Waals surface area contributed by atoms with E-state index in [1.165, 1.54) is 6.42 Å². The molecule has 1 atom stereocenters. The minimum absolute atomic E-state index is 0.0763. The fraction of sp³-hybridized carbons (Fsp3) is 0.400. The number of amides is 4. The molecule has 1 N–H and O–H groups in total. The van der Waals surface area contributed by atoms with Crippen LogP contribution in [-0.2, 0) is 15.1 Å². The average Bonchev–Trinajstić information content (AvgIpc) is 3.04. The first kappa shape index (κ1) is 21.9. The Balaban J connectivity index is 1.56. The topological polar surface area (TPSA) is 79.0 Å². The minimum atomic E-state index is -1.23. The Hall–Kier alpha value is -3.35. The third kappa shape index (κ3) is 4.07. The molecule has 0 radical (unpaired) electrons. The van der Waals surface area contributed by atoms with Gasteiger partial charge in [-0.3, -0.25) is 14.5 Å². The van der Waals surface area contributed by atoms with E-state index in [9.17, 15) is 14.4 Å². The fourth-order valence-corrected chi connectivity index (χ4v) is 4.66. The van der Waals surface area contributed by atoms with Gasteiger partial charge in [0.25, 0.3) is 5.91 Å². The molecular weight excluding hydrogens is 406 g/mol. The Morgan fingerprint density at radius 2 is 1.72 bits per heavy atom. The number of rotatable bonds is 6. The number of benzene rings is 2. The lowest BCUT2D eigenvalue weighted by Crippen LogP contribution is -2.48. The molecule has 32 heavy (non-hydrogen) atoms. The molecule has 1 aliphatic heterocycles. The fourth-order valence-electron chi connectivity index (χ4n) is 4.66. The van der Waals surface area contributed by atoms with Crippen LogP contribution in [0.5, 0.6) is 5.75 Å². The zero-order valence-electron chi connectivity index (χ0n) is 18.5. The van der Waals surface area contributed by atoms with Crippen LogP contribution in [0.15, 0.2) is 54.6 Å². The molecule has 0 aromatic heterocycles. The number of nitrogens with one attached hydrogen (secondary N) is 1. The number of hydrogen-bond donors (Lipinski definition) is 1. The molecule has 7 nitrogen and oxygen atoms in total. The summed E-state index contributed by atoms with van der Waals surface area (Å²) in [6, 6.07) is 16.0. The first-order chi connectivity index (χ1) is 15.4. The summed E-state index contributed by atoms with van der Waals surface area (Å²) >= 11 is 0. The summed E-state index contributed by atoms with van der Waals surface area (Å²) in [5.41, 5.74) is 0.208. The van der Waals surface area contributed by atoms with Crippen molar-refractivity contribution >= 4 is 23.5 Å². The highest BCUT2D eigenvalue weighted by Gasteiger charge is 2.50. The minimum Gasteiger partial charge on any atom is -0.497 e. The molecule has 1 heterocycles. The highest BCUT2D eigenvalue weighted by Crippen LogP contribution is 2.31. The van der Waals surface area contributed by atoms with Gasteiger partial charge in [-0.05, 0) is 49.6 Å². The van der Waals surface area contributed by atoms with Gasteiger partial charge in [-0.25, -0.2) is 4.79 Å². The highest BCUT2D eigenvalue weighted by molar-refractivity contribution is 6.10. The second kappa shape index (κ2) is 9.02. The predicted molar refractivity (Wildman–Crippen MR) is 121 cm³/mol. The van der Waals surface area contributed by atoms with Crippen LogP contribution < -0.4 is 15.0 Å². The zero-order valence-corrected chi connectivity index (χ0v) is 18.5. The Kier molecular flexibility index (Phi) is 6.17. The predicted octanol–water partition coefficient (Wildman–Crippen LogP) is 3.83. The van der Waals surface area contributed by atoms with Crippen LogP contribution in [0.2, 0.25) is 0 Å². The van der Waals surface area contributed by atoms with Gasteiger partial charge in [0.05, 0.1) is 7.11 Å². The highest BCUT2D eigenvalue weighted by atomic mass is 16.5. The Labute approximate surface area is 188 Å². The summed E-state index contributed by atoms with van der Waals surface area (Å²) in [5, 5.41) is 2.77. The van der Waals surface area contributed by atoms with Crippen molar-refractivity contribution in [2.45, 2.75) is 50.6 Å². The van der Waals surface area contributed by atoms with E-state index < -0.39 is 17.5 Å². The van der Waals surface area contributed by atoms with Crippen LogP contribution >= 0.6 is 0 Å². The lowest BCUT2D eigenvalue weighted by Gasteiger charge is -2.35. The molecule has 2 fully saturated rings. The van der Waals surface area contributed by atoms with E-state index in [0.717, 1.165) is 36.3 Å². The normalized spacial score (nSPS) is 21.4. The van der Waals surface area contributed by atoms with Gasteiger partial charge < -0.3 is 15.0 Å². The van der Waals surface area contributed by atoms with Gasteiger partial charge >= 0.3 is 6.03 Å². The van der Waals surface area contributed by atoms with Crippen molar-refractivity contribution in [3.8, 4) is 5.75 Å². The lowest BCUT2D eigenvalue weighted by molar-refractivity contribution is -0.134. The number of carbonyl (C=O) groups is 3. The number of hydrogen-bond acceptors (Lipinski definition) is 4. The molecule has 0 bridgehead atoms. The van der Waals surface area contributed by atoms with Gasteiger partial charge in [-0.15, -0.1) is 0 Å². The Morgan fingerprint density at radius 1 is 1.06 bits per heavy atom. The molecule has 1 aliphatic carbocycles. The van der Waals surface area contributed by atoms with Gasteiger partial charge in [0.1, 0.15) is 17.8 Å². The molecule has 1 saturated heterocycles. The number of carbonyl (C=O) groups excluding carboxylic acids is 3. The number of ether oxygens (including phenoxy) is 1. The van der Waals surface area contributed by atoms with E-state index >= 15 is 0 Å². The van der Waals surface area contributed by atoms with E-state index in [1.54, 1.807) is 43.2 Å². The van der Waals surface area contributed by atoms with E-state index in [0.29, 0.717) is 11.3 Å². The standard InChI is InChI=1S/C25H29N3O4/c1-25(18-13-15-21(32-2)16-14-18)23(30)27(24(31)26-25)17-22(29)28(19-9-5-3-6-10-19)20-11-7-4-8-12-20/h3,5-6,9-10,13-16,20H,4,7-8,11-12,17H2,1-2H3,(H,26,31). The van der Waals surface area contributed by atoms with E-state index in [1.807, 2.05) is 30.3 Å². The van der Waals surface area contributed by atoms with Crippen molar-refractivity contribution in [3.05, 3.63) is 60.2 Å². The number of anilines is 1. The van der Waals surface area contributed by atoms with Gasteiger partial charge in [0.2, 0.25) is 5.91 Å². The second-order valence-electron chi connectivity index (χ2n) is 8.57. The molecule has 2 aromatic rings. The second-order valence-corrected chi connectivity index (χ2v) is 8.57. The SMILES string of the molecule is COc1ccc(C2(C)NC(=O)N(CC(=O)N(c3ccccc3)C3CCCCC3)C2=O)cc1. The molecule has 0 spiro atoms. The summed E-state index contributed by atoms with van der Waals surface area (Å²) in [6.45, 7) is 1.37. The first-order valence-corrected chi connectivity index (χ1v) is 11.1. The maximum Gasteiger partial charge on any atom is 0.325 e. The van der Waals surface area contributed by atoms with Crippen molar-refractivity contribution < 1.29 is 19.1 Å². The Morgan fingerprint density at radius 3 is 2.34 bits per heavy atom. The summed E-state index contributed by atoms with van der Waals surface area (Å²) in [5.74, 6) is -0.0182. The first-order valence-electron chi connectivity index (χ1n) is 11.1. The number of methoxy groups -OCH3 is 1. The maximum absolute atomic E-state index is 13.5. The summed E-state index contributed by atoms with van der Waals surface area (Å²) in [7, 11) is 1.57. The molecule has 2 aliphatic rings. The Bertz CT molecular complexity index is 986. The lowest BCUT2D eigenvalue weighted by atomic mass is 9.92. The van der Waals surface area contributed by atoms with Gasteiger partial charge in [0, 0.05) is 11.7 Å². The maximum atomic E-state index is 13.5. The van der Waals surface area contributed by atoms with Crippen LogP contribution in [0.3, 0.4) is 0 Å². The van der Waals surface area contributed by atoms with Crippen molar-refractivity contribution in [2.24, 2.45) is 0 Å². The van der Waals surface area contributed by atoms with Gasteiger partial charge in [-0.2, -0.15) is 0 Å². The molecular formula is C25H29N3O4. The van der Waals surface area contributed by atoms with Gasteiger partial charge in [-0.1, -0.05) is 49.6 Å². The van der Waals surface area contributed by atoms with Crippen LogP contribution in [0.4, 0.5) is 10.5 Å². The van der Waals surface area contributed by atoms with E-state index in [4.69, 9.17) is 4.74 Å². The third-order valence-corrected chi connectivity index (χ3v) is 6.48. The van der Waals surface area contributed by atoms with Crippen LogP contribution in [0, 0.1) is 0 Å². The van der Waals surface area contributed by atoms with E-state index in [2.05, 4.69) is 5.32 Å². The number of para-hydroxylation sites is 1. The number of urea groups is 1. The smallest absolute Gasteiger partial charge is 0.325 e. The average molecular weight is 436 g/mol. The largest absolute Gasteiger partial charge is 0.497 e. The number of imide groups is 1. The molecule has 1 unspecified atom stereocenters. The molecule has 1 saturated carbocycles. The van der Waals surface area contributed by atoms with Crippen molar-refractivity contribution in [3.63, 3.8) is 0 Å². The zero-order chi connectivity index (χ0) is 22.7. The van der Waals surface area contributed by atoms with Crippen molar-refractivity contribution in [1.82, 2.24) is 10.2 Å². The molecule has 2 aromatic carbocycles. The van der Waals surface area contributed by atoms with Crippen LogP contribution in [0.25, 0.3) is 0 Å². The van der Waals surface area contributed by atoms with Crippen molar-refractivity contribution in [1.29, 1.82) is 0 Å². The van der Waals surface area contributed by atoms with Crippen molar-refractivity contribution in [2.75, 3.05) is 18.6 Å². The molecule has 168 valence electrons. The molecule has 7 heteroatoms. The quantitative estimate of drug-likeness (QED) is 0.700. The van der Waals surface area contributed by atoms with E-state index in [-0.39, 0.29) is 18.5 Å². The monoisotopic (exact) mass is 435 g/mol. The summed E-state index contributed by atoms with van der Waals surface area (Å²) < 4.78 is 5.18. The molecule has 4 amide bonds. The summed E-state index contributed by atoms with van der Waals surface area (Å²) in [6.07, 6.45) is 5.15. The number of nitrogens with zero attached hydrogens (tertiary/aromatic N) is 2. The molecule has 4 rings (SSSR count). The van der Waals surface area contributed by atoms with Crippen LogP contribution in [-0.4, -0.2) is 42.4 Å².